The average molecular weight is 343 g/mol. The van der Waals surface area contributed by atoms with Crippen molar-refractivity contribution < 1.29 is 0 Å². The first-order valence-corrected chi connectivity index (χ1v) is 7.88. The van der Waals surface area contributed by atoms with E-state index in [1.54, 1.807) is 12.1 Å². The topological polar surface area (TPSA) is 12.0 Å². The second kappa shape index (κ2) is 6.48. The molecule has 0 saturated carbocycles. The van der Waals surface area contributed by atoms with Crippen molar-refractivity contribution in [1.29, 1.82) is 0 Å². The maximum atomic E-state index is 6.15. The third-order valence-corrected chi connectivity index (χ3v) is 4.11. The molecular weight excluding hydrogens is 325 g/mol. The Labute approximate surface area is 141 Å². The molecular formula is C17H18Cl3N. The van der Waals surface area contributed by atoms with E-state index >= 15 is 0 Å². The predicted molar refractivity (Wildman–Crippen MR) is 93.9 cm³/mol. The first kappa shape index (κ1) is 16.5. The van der Waals surface area contributed by atoms with Gasteiger partial charge in [0.1, 0.15) is 0 Å². The van der Waals surface area contributed by atoms with Crippen LogP contribution in [0.5, 0.6) is 0 Å². The molecule has 0 saturated heterocycles. The van der Waals surface area contributed by atoms with Gasteiger partial charge in [-0.2, -0.15) is 0 Å². The van der Waals surface area contributed by atoms with Gasteiger partial charge in [0.15, 0.2) is 0 Å². The van der Waals surface area contributed by atoms with E-state index in [1.807, 2.05) is 0 Å². The lowest BCUT2D eigenvalue weighted by Crippen LogP contribution is -2.11. The Hall–Kier alpha value is -0.890. The third-order valence-electron chi connectivity index (χ3n) is 3.30. The van der Waals surface area contributed by atoms with Crippen molar-refractivity contribution in [2.24, 2.45) is 0 Å². The molecule has 2 aromatic carbocycles. The van der Waals surface area contributed by atoms with Crippen LogP contribution in [-0.4, -0.2) is 0 Å². The molecule has 2 aromatic rings. The number of rotatable bonds is 3. The van der Waals surface area contributed by atoms with Crippen LogP contribution in [0, 0.1) is 0 Å². The van der Waals surface area contributed by atoms with Crippen LogP contribution in [0.2, 0.25) is 15.1 Å². The summed E-state index contributed by atoms with van der Waals surface area (Å²) in [5.74, 6) is 0. The lowest BCUT2D eigenvalue weighted by molar-refractivity contribution is 0.590. The molecule has 0 aliphatic heterocycles. The fourth-order valence-electron chi connectivity index (χ4n) is 2.02. The van der Waals surface area contributed by atoms with Gasteiger partial charge >= 0.3 is 0 Å². The van der Waals surface area contributed by atoms with Gasteiger partial charge in [-0.1, -0.05) is 79.8 Å². The fraction of sp³-hybridized carbons (Fsp3) is 0.294. The Morgan fingerprint density at radius 2 is 1.43 bits per heavy atom. The number of anilines is 1. The largest absolute Gasteiger partial charge is 0.379 e. The van der Waals surface area contributed by atoms with E-state index in [2.05, 4.69) is 50.4 Å². The van der Waals surface area contributed by atoms with E-state index in [9.17, 15) is 0 Å². The van der Waals surface area contributed by atoms with Gasteiger partial charge in [0.25, 0.3) is 0 Å². The minimum absolute atomic E-state index is 0.161. The maximum Gasteiger partial charge on any atom is 0.0722 e. The van der Waals surface area contributed by atoms with Crippen LogP contribution in [0.3, 0.4) is 0 Å². The smallest absolute Gasteiger partial charge is 0.0722 e. The zero-order valence-corrected chi connectivity index (χ0v) is 14.6. The van der Waals surface area contributed by atoms with Gasteiger partial charge in [-0.25, -0.2) is 0 Å². The summed E-state index contributed by atoms with van der Waals surface area (Å²) in [7, 11) is 0. The molecule has 4 heteroatoms. The van der Waals surface area contributed by atoms with Crippen molar-refractivity contribution in [2.75, 3.05) is 5.32 Å². The van der Waals surface area contributed by atoms with E-state index in [1.165, 1.54) is 11.1 Å². The van der Waals surface area contributed by atoms with Crippen LogP contribution in [0.25, 0.3) is 0 Å². The quantitative estimate of drug-likeness (QED) is 0.666. The van der Waals surface area contributed by atoms with Crippen molar-refractivity contribution in [3.05, 3.63) is 62.6 Å². The van der Waals surface area contributed by atoms with Gasteiger partial charge in [-0.15, -0.1) is 0 Å². The second-order valence-electron chi connectivity index (χ2n) is 6.04. The molecule has 0 bridgehead atoms. The standard InChI is InChI=1S/C17H18Cl3N/c1-17(2,3)12-6-4-11(5-7-12)10-21-16-14(19)8-13(18)9-15(16)20/h4-9,21H,10H2,1-3H3. The fourth-order valence-corrected chi connectivity index (χ4v) is 2.97. The monoisotopic (exact) mass is 341 g/mol. The van der Waals surface area contributed by atoms with Crippen LogP contribution in [0.15, 0.2) is 36.4 Å². The van der Waals surface area contributed by atoms with Crippen LogP contribution in [0.1, 0.15) is 31.9 Å². The van der Waals surface area contributed by atoms with E-state index in [-0.39, 0.29) is 5.41 Å². The van der Waals surface area contributed by atoms with Crippen LogP contribution >= 0.6 is 34.8 Å². The summed E-state index contributed by atoms with van der Waals surface area (Å²) in [6.45, 7) is 7.26. The molecule has 0 unspecified atom stereocenters. The van der Waals surface area contributed by atoms with Gasteiger partial charge in [0.05, 0.1) is 15.7 Å². The average Bonchev–Trinajstić information content (AvgIpc) is 2.37. The normalized spacial score (nSPS) is 11.5. The number of nitrogens with one attached hydrogen (secondary N) is 1. The predicted octanol–water partition coefficient (Wildman–Crippen LogP) is 6.56. The minimum atomic E-state index is 0.161. The number of hydrogen-bond acceptors (Lipinski definition) is 1. The summed E-state index contributed by atoms with van der Waals surface area (Å²) >= 11 is 18.2. The van der Waals surface area contributed by atoms with E-state index in [0.29, 0.717) is 27.3 Å². The zero-order chi connectivity index (χ0) is 15.6. The molecule has 1 N–H and O–H groups in total. The molecule has 0 radical (unpaired) electrons. The third kappa shape index (κ3) is 4.29. The van der Waals surface area contributed by atoms with E-state index < -0.39 is 0 Å². The summed E-state index contributed by atoms with van der Waals surface area (Å²) in [6, 6.07) is 11.9. The van der Waals surface area contributed by atoms with E-state index in [4.69, 9.17) is 34.8 Å². The molecule has 0 heterocycles. The summed E-state index contributed by atoms with van der Waals surface area (Å²) < 4.78 is 0. The van der Waals surface area contributed by atoms with E-state index in [0.717, 1.165) is 0 Å². The van der Waals surface area contributed by atoms with Gasteiger partial charge < -0.3 is 5.32 Å². The van der Waals surface area contributed by atoms with Crippen molar-refractivity contribution >= 4 is 40.5 Å². The van der Waals surface area contributed by atoms with Gasteiger partial charge in [-0.3, -0.25) is 0 Å². The Bertz CT molecular complexity index is 604. The number of halogens is 3. The molecule has 21 heavy (non-hydrogen) atoms. The molecule has 0 aliphatic rings. The highest BCUT2D eigenvalue weighted by atomic mass is 35.5. The van der Waals surface area contributed by atoms with Crippen molar-refractivity contribution in [3.8, 4) is 0 Å². The summed E-state index contributed by atoms with van der Waals surface area (Å²) in [6.07, 6.45) is 0. The Kier molecular flexibility index (Phi) is 5.08. The minimum Gasteiger partial charge on any atom is -0.379 e. The van der Waals surface area contributed by atoms with Gasteiger partial charge in [0.2, 0.25) is 0 Å². The highest BCUT2D eigenvalue weighted by Gasteiger charge is 2.13. The Balaban J connectivity index is 2.10. The van der Waals surface area contributed by atoms with Crippen molar-refractivity contribution in [3.63, 3.8) is 0 Å². The Morgan fingerprint density at radius 3 is 1.90 bits per heavy atom. The molecule has 112 valence electrons. The first-order valence-electron chi connectivity index (χ1n) is 6.75. The molecule has 2 rings (SSSR count). The highest BCUT2D eigenvalue weighted by molar-refractivity contribution is 6.41. The highest BCUT2D eigenvalue weighted by Crippen LogP contribution is 2.34. The molecule has 1 nitrogen and oxygen atoms in total. The first-order chi connectivity index (χ1) is 9.77. The van der Waals surface area contributed by atoms with Crippen molar-refractivity contribution in [2.45, 2.75) is 32.7 Å². The molecule has 0 aromatic heterocycles. The molecule has 0 aliphatic carbocycles. The second-order valence-corrected chi connectivity index (χ2v) is 7.30. The lowest BCUT2D eigenvalue weighted by atomic mass is 9.87. The van der Waals surface area contributed by atoms with Gasteiger partial charge in [0, 0.05) is 11.6 Å². The Morgan fingerprint density at radius 1 is 0.905 bits per heavy atom. The molecule has 0 amide bonds. The number of hydrogen-bond donors (Lipinski definition) is 1. The van der Waals surface area contributed by atoms with Crippen LogP contribution < -0.4 is 5.32 Å². The molecule has 0 fully saturated rings. The van der Waals surface area contributed by atoms with Gasteiger partial charge in [-0.05, 0) is 28.7 Å². The van der Waals surface area contributed by atoms with Crippen LogP contribution in [-0.2, 0) is 12.0 Å². The molecule has 0 spiro atoms. The van der Waals surface area contributed by atoms with Crippen molar-refractivity contribution in [1.82, 2.24) is 0 Å². The summed E-state index contributed by atoms with van der Waals surface area (Å²) in [4.78, 5) is 0. The maximum absolute atomic E-state index is 6.15. The summed E-state index contributed by atoms with van der Waals surface area (Å²) in [5.41, 5.74) is 3.36. The van der Waals surface area contributed by atoms with Crippen LogP contribution in [0.4, 0.5) is 5.69 Å². The number of benzene rings is 2. The summed E-state index contributed by atoms with van der Waals surface area (Å²) in [5, 5.41) is 4.85. The SMILES string of the molecule is CC(C)(C)c1ccc(CNc2c(Cl)cc(Cl)cc2Cl)cc1. The lowest BCUT2D eigenvalue weighted by Gasteiger charge is -2.19. The zero-order valence-electron chi connectivity index (χ0n) is 12.3. The molecule has 0 atom stereocenters.